The van der Waals surface area contributed by atoms with Gasteiger partial charge in [0.15, 0.2) is 6.03 Å². The van der Waals surface area contributed by atoms with Crippen molar-refractivity contribution in [1.82, 2.24) is 5.32 Å². The smallest absolute Gasteiger partial charge is 0.446 e. The SMILES string of the molecule is CC(C)NC(=O)[N-]S(=O)(=O)c1ccc(I)cc1.[Na+]. The van der Waals surface area contributed by atoms with Crippen LogP contribution < -0.4 is 34.9 Å². The number of amides is 2. The van der Waals surface area contributed by atoms with E-state index in [-0.39, 0.29) is 40.5 Å². The molecule has 0 atom stereocenters. The summed E-state index contributed by atoms with van der Waals surface area (Å²) in [5, 5.41) is 2.39. The zero-order valence-electron chi connectivity index (χ0n) is 10.3. The van der Waals surface area contributed by atoms with Crippen molar-refractivity contribution in [3.63, 3.8) is 0 Å². The number of halogens is 1. The number of hydrogen-bond acceptors (Lipinski definition) is 3. The van der Waals surface area contributed by atoms with Crippen LogP contribution in [0.1, 0.15) is 13.8 Å². The molecule has 1 N–H and O–H groups in total. The molecule has 0 heterocycles. The van der Waals surface area contributed by atoms with Crippen molar-refractivity contribution >= 4 is 38.6 Å². The summed E-state index contributed by atoms with van der Waals surface area (Å²) in [6, 6.07) is 5.12. The Bertz CT molecular complexity index is 502. The monoisotopic (exact) mass is 390 g/mol. The van der Waals surface area contributed by atoms with E-state index in [4.69, 9.17) is 0 Å². The number of nitrogens with one attached hydrogen (secondary N) is 1. The van der Waals surface area contributed by atoms with Crippen LogP contribution in [-0.2, 0) is 10.0 Å². The predicted octanol–water partition coefficient (Wildman–Crippen LogP) is -0.524. The summed E-state index contributed by atoms with van der Waals surface area (Å²) in [6.45, 7) is 3.45. The molecule has 1 aromatic rings. The molecular formula is C10H12IN2NaO3S. The van der Waals surface area contributed by atoms with E-state index < -0.39 is 16.1 Å². The van der Waals surface area contributed by atoms with E-state index in [1.165, 1.54) is 12.1 Å². The fraction of sp³-hybridized carbons (Fsp3) is 0.300. The van der Waals surface area contributed by atoms with E-state index in [1.807, 2.05) is 0 Å². The Balaban J connectivity index is 0.00000289. The molecule has 1 aromatic carbocycles. The van der Waals surface area contributed by atoms with Crippen molar-refractivity contribution in [2.24, 2.45) is 0 Å². The van der Waals surface area contributed by atoms with Crippen LogP contribution in [0.3, 0.4) is 0 Å². The Kier molecular flexibility index (Phi) is 7.76. The summed E-state index contributed by atoms with van der Waals surface area (Å²) in [7, 11) is -3.91. The number of rotatable bonds is 3. The van der Waals surface area contributed by atoms with E-state index in [0.717, 1.165) is 3.57 Å². The van der Waals surface area contributed by atoms with Crippen molar-refractivity contribution in [2.45, 2.75) is 24.8 Å². The summed E-state index contributed by atoms with van der Waals surface area (Å²) in [5.74, 6) is 0. The summed E-state index contributed by atoms with van der Waals surface area (Å²) < 4.78 is 27.5. The number of hydrogen-bond donors (Lipinski definition) is 1. The molecule has 0 spiro atoms. The molecule has 0 aromatic heterocycles. The molecule has 0 saturated carbocycles. The predicted molar refractivity (Wildman–Crippen MR) is 73.4 cm³/mol. The van der Waals surface area contributed by atoms with Crippen molar-refractivity contribution in [2.75, 3.05) is 0 Å². The average molecular weight is 390 g/mol. The largest absolute Gasteiger partial charge is 1.00 e. The molecule has 0 fully saturated rings. The van der Waals surface area contributed by atoms with E-state index in [9.17, 15) is 13.2 Å². The molecule has 2 amide bonds. The van der Waals surface area contributed by atoms with Crippen LogP contribution in [0, 0.1) is 3.57 Å². The van der Waals surface area contributed by atoms with Gasteiger partial charge in [-0.2, -0.15) is 0 Å². The number of nitrogens with zero attached hydrogens (tertiary/aromatic N) is 1. The molecule has 5 nitrogen and oxygen atoms in total. The first-order valence-corrected chi connectivity index (χ1v) is 7.37. The van der Waals surface area contributed by atoms with Crippen LogP contribution in [0.2, 0.25) is 0 Å². The Morgan fingerprint density at radius 2 is 1.78 bits per heavy atom. The van der Waals surface area contributed by atoms with Gasteiger partial charge in [0.2, 0.25) is 10.0 Å². The number of carbonyl (C=O) groups is 1. The van der Waals surface area contributed by atoms with Gasteiger partial charge in [0, 0.05) is 3.57 Å². The van der Waals surface area contributed by atoms with E-state index in [2.05, 4.69) is 32.6 Å². The molecule has 0 unspecified atom stereocenters. The summed E-state index contributed by atoms with van der Waals surface area (Å²) >= 11 is 2.06. The third-order valence-electron chi connectivity index (χ3n) is 1.73. The van der Waals surface area contributed by atoms with Gasteiger partial charge in [0.05, 0.1) is 4.90 Å². The number of sulfonamides is 1. The second-order valence-electron chi connectivity index (χ2n) is 3.62. The van der Waals surface area contributed by atoms with Gasteiger partial charge in [-0.15, -0.1) is 0 Å². The maximum absolute atomic E-state index is 11.7. The Hall–Kier alpha value is 0.170. The van der Waals surface area contributed by atoms with Gasteiger partial charge in [-0.25, -0.2) is 8.42 Å². The van der Waals surface area contributed by atoms with Crippen LogP contribution in [0.25, 0.3) is 4.72 Å². The standard InChI is InChI=1S/C10H13IN2O3S.Na/c1-7(2)12-10(14)13-17(15,16)9-5-3-8(11)4-6-9;/h3-7H,1-2H3,(H2,12,13,14);/q;+1/p-1. The first-order chi connectivity index (χ1) is 7.81. The summed E-state index contributed by atoms with van der Waals surface area (Å²) in [5.41, 5.74) is 0. The average Bonchev–Trinajstić information content (AvgIpc) is 2.15. The van der Waals surface area contributed by atoms with Crippen LogP contribution in [0.4, 0.5) is 4.79 Å². The van der Waals surface area contributed by atoms with Crippen molar-refractivity contribution in [3.8, 4) is 0 Å². The first-order valence-electron chi connectivity index (χ1n) is 4.85. The third-order valence-corrected chi connectivity index (χ3v) is 3.72. The van der Waals surface area contributed by atoms with Gasteiger partial charge in [0.1, 0.15) is 0 Å². The zero-order chi connectivity index (χ0) is 13.1. The first kappa shape index (κ1) is 18.2. The van der Waals surface area contributed by atoms with Crippen molar-refractivity contribution in [3.05, 3.63) is 32.6 Å². The van der Waals surface area contributed by atoms with Gasteiger partial charge in [-0.05, 0) is 52.9 Å². The number of carbonyl (C=O) groups excluding carboxylic acids is 1. The molecule has 18 heavy (non-hydrogen) atoms. The second-order valence-corrected chi connectivity index (χ2v) is 6.47. The molecule has 0 radical (unpaired) electrons. The quantitative estimate of drug-likeness (QED) is 0.557. The number of benzene rings is 1. The molecule has 0 bridgehead atoms. The van der Waals surface area contributed by atoms with Crippen molar-refractivity contribution in [1.29, 1.82) is 0 Å². The molecule has 0 aliphatic carbocycles. The van der Waals surface area contributed by atoms with Gasteiger partial charge >= 0.3 is 29.6 Å². The van der Waals surface area contributed by atoms with Crippen LogP contribution in [0.15, 0.2) is 29.2 Å². The van der Waals surface area contributed by atoms with Gasteiger partial charge < -0.3 is 10.0 Å². The van der Waals surface area contributed by atoms with E-state index in [1.54, 1.807) is 26.0 Å². The third kappa shape index (κ3) is 5.87. The molecule has 0 aliphatic heterocycles. The maximum Gasteiger partial charge on any atom is 1.00 e. The summed E-state index contributed by atoms with van der Waals surface area (Å²) in [4.78, 5) is 11.3. The topological polar surface area (TPSA) is 77.3 Å². The van der Waals surface area contributed by atoms with Gasteiger partial charge in [0.25, 0.3) is 0 Å². The fourth-order valence-corrected chi connectivity index (χ4v) is 2.26. The van der Waals surface area contributed by atoms with Crippen LogP contribution in [0.5, 0.6) is 0 Å². The Morgan fingerprint density at radius 3 is 2.22 bits per heavy atom. The molecule has 8 heteroatoms. The fourth-order valence-electron chi connectivity index (χ4n) is 1.04. The normalized spacial score (nSPS) is 10.7. The van der Waals surface area contributed by atoms with E-state index in [0.29, 0.717) is 0 Å². The second kappa shape index (κ2) is 7.68. The minimum Gasteiger partial charge on any atom is -0.446 e. The Labute approximate surface area is 143 Å². The molecule has 1 rings (SSSR count). The Morgan fingerprint density at radius 1 is 1.28 bits per heavy atom. The summed E-state index contributed by atoms with van der Waals surface area (Å²) in [6.07, 6.45) is 0. The maximum atomic E-state index is 11.7. The van der Waals surface area contributed by atoms with Crippen molar-refractivity contribution < 1.29 is 42.8 Å². The minimum atomic E-state index is -3.91. The molecule has 0 saturated heterocycles. The van der Waals surface area contributed by atoms with E-state index >= 15 is 0 Å². The number of urea groups is 1. The van der Waals surface area contributed by atoms with Crippen LogP contribution in [-0.4, -0.2) is 20.5 Å². The molecular weight excluding hydrogens is 378 g/mol. The van der Waals surface area contributed by atoms with Gasteiger partial charge in [-0.3, -0.25) is 4.79 Å². The zero-order valence-corrected chi connectivity index (χ0v) is 15.3. The minimum absolute atomic E-state index is 0. The molecule has 0 aliphatic rings. The van der Waals surface area contributed by atoms with Gasteiger partial charge in [-0.1, -0.05) is 13.8 Å². The molecule has 94 valence electrons. The van der Waals surface area contributed by atoms with Crippen LogP contribution >= 0.6 is 22.6 Å².